The summed E-state index contributed by atoms with van der Waals surface area (Å²) in [6.45, 7) is 1.71. The molecule has 5 nitrogen and oxygen atoms in total. The summed E-state index contributed by atoms with van der Waals surface area (Å²) in [6, 6.07) is 10.6. The van der Waals surface area contributed by atoms with Crippen LogP contribution >= 0.6 is 11.6 Å². The number of phenolic OH excluding ortho intramolecular Hbond substituents is 2. The molecule has 0 aliphatic carbocycles. The highest BCUT2D eigenvalue weighted by molar-refractivity contribution is 6.31. The second-order valence-electron chi connectivity index (χ2n) is 4.35. The molecule has 2 rings (SSSR count). The number of benzene rings is 2. The summed E-state index contributed by atoms with van der Waals surface area (Å²) in [4.78, 5) is 11.9. The number of nitrogens with one attached hydrogen (secondary N) is 1. The lowest BCUT2D eigenvalue weighted by atomic mass is 10.1. The predicted octanol–water partition coefficient (Wildman–Crippen LogP) is 2.91. The average molecular weight is 305 g/mol. The van der Waals surface area contributed by atoms with E-state index in [4.69, 9.17) is 11.6 Å². The van der Waals surface area contributed by atoms with Crippen molar-refractivity contribution in [2.75, 3.05) is 0 Å². The van der Waals surface area contributed by atoms with E-state index in [-0.39, 0.29) is 17.1 Å². The van der Waals surface area contributed by atoms with Gasteiger partial charge in [-0.1, -0.05) is 11.6 Å². The summed E-state index contributed by atoms with van der Waals surface area (Å²) < 4.78 is 0. The van der Waals surface area contributed by atoms with Gasteiger partial charge in [-0.25, -0.2) is 5.43 Å². The number of carbonyl (C=O) groups excluding carboxylic acids is 1. The number of aromatic hydroxyl groups is 2. The van der Waals surface area contributed by atoms with Crippen molar-refractivity contribution in [1.82, 2.24) is 5.43 Å². The molecule has 0 radical (unpaired) electrons. The Hall–Kier alpha value is -2.53. The Morgan fingerprint density at radius 1 is 1.14 bits per heavy atom. The van der Waals surface area contributed by atoms with Crippen LogP contribution in [0.3, 0.4) is 0 Å². The van der Waals surface area contributed by atoms with Gasteiger partial charge in [0.1, 0.15) is 11.5 Å². The van der Waals surface area contributed by atoms with Gasteiger partial charge in [0.05, 0.1) is 11.3 Å². The van der Waals surface area contributed by atoms with Crippen LogP contribution in [0, 0.1) is 0 Å². The normalized spacial score (nSPS) is 11.2. The minimum Gasteiger partial charge on any atom is -0.508 e. The summed E-state index contributed by atoms with van der Waals surface area (Å²) in [5.74, 6) is -0.582. The molecule has 0 saturated heterocycles. The molecule has 0 aliphatic rings. The molecule has 21 heavy (non-hydrogen) atoms. The molecule has 0 saturated carbocycles. The predicted molar refractivity (Wildman–Crippen MR) is 80.9 cm³/mol. The van der Waals surface area contributed by atoms with E-state index in [9.17, 15) is 15.0 Å². The number of amides is 1. The van der Waals surface area contributed by atoms with E-state index in [1.165, 1.54) is 30.3 Å². The second-order valence-corrected chi connectivity index (χ2v) is 4.78. The van der Waals surface area contributed by atoms with Crippen LogP contribution in [0.2, 0.25) is 5.02 Å². The molecule has 2 aromatic carbocycles. The van der Waals surface area contributed by atoms with E-state index in [1.807, 2.05) is 0 Å². The Morgan fingerprint density at radius 3 is 2.48 bits per heavy atom. The molecule has 0 atom stereocenters. The van der Waals surface area contributed by atoms with Crippen LogP contribution in [0.4, 0.5) is 0 Å². The first kappa shape index (κ1) is 14.9. The summed E-state index contributed by atoms with van der Waals surface area (Å²) in [7, 11) is 0. The molecule has 2 aromatic rings. The van der Waals surface area contributed by atoms with E-state index in [1.54, 1.807) is 19.1 Å². The van der Waals surface area contributed by atoms with E-state index in [0.717, 1.165) is 5.56 Å². The number of phenols is 2. The number of nitrogens with zero attached hydrogens (tertiary/aromatic N) is 1. The lowest BCUT2D eigenvalue weighted by Crippen LogP contribution is -2.19. The van der Waals surface area contributed by atoms with Crippen LogP contribution in [-0.4, -0.2) is 21.8 Å². The molecule has 0 bridgehead atoms. The highest BCUT2D eigenvalue weighted by atomic mass is 35.5. The Bertz CT molecular complexity index is 697. The fourth-order valence-corrected chi connectivity index (χ4v) is 1.82. The van der Waals surface area contributed by atoms with Gasteiger partial charge in [-0.05, 0) is 55.0 Å². The smallest absolute Gasteiger partial charge is 0.275 e. The van der Waals surface area contributed by atoms with Crippen LogP contribution in [0.1, 0.15) is 22.8 Å². The first-order valence-corrected chi connectivity index (χ1v) is 6.47. The third-order valence-corrected chi connectivity index (χ3v) is 3.05. The number of hydrogen-bond acceptors (Lipinski definition) is 4. The molecular weight excluding hydrogens is 292 g/mol. The number of rotatable bonds is 3. The van der Waals surface area contributed by atoms with E-state index >= 15 is 0 Å². The lowest BCUT2D eigenvalue weighted by Gasteiger charge is -2.05. The van der Waals surface area contributed by atoms with Crippen LogP contribution in [0.15, 0.2) is 47.6 Å². The molecular formula is C15H13ClN2O3. The molecule has 0 fully saturated rings. The zero-order chi connectivity index (χ0) is 15.4. The maximum absolute atomic E-state index is 11.9. The van der Waals surface area contributed by atoms with Gasteiger partial charge in [0, 0.05) is 5.02 Å². The minimum atomic E-state index is -0.562. The molecule has 0 heterocycles. The van der Waals surface area contributed by atoms with Crippen molar-refractivity contribution in [3.05, 3.63) is 58.6 Å². The van der Waals surface area contributed by atoms with Crippen molar-refractivity contribution in [1.29, 1.82) is 0 Å². The maximum Gasteiger partial charge on any atom is 0.275 e. The Balaban J connectivity index is 2.14. The highest BCUT2D eigenvalue weighted by Gasteiger charge is 2.11. The van der Waals surface area contributed by atoms with Gasteiger partial charge in [-0.2, -0.15) is 5.10 Å². The zero-order valence-electron chi connectivity index (χ0n) is 11.2. The van der Waals surface area contributed by atoms with Gasteiger partial charge < -0.3 is 10.2 Å². The van der Waals surface area contributed by atoms with Gasteiger partial charge in [0.25, 0.3) is 5.91 Å². The number of halogens is 1. The van der Waals surface area contributed by atoms with Crippen molar-refractivity contribution in [2.45, 2.75) is 6.92 Å². The fraction of sp³-hybridized carbons (Fsp3) is 0.0667. The van der Waals surface area contributed by atoms with Crippen LogP contribution in [-0.2, 0) is 0 Å². The third kappa shape index (κ3) is 3.73. The van der Waals surface area contributed by atoms with Crippen molar-refractivity contribution >= 4 is 23.2 Å². The topological polar surface area (TPSA) is 81.9 Å². The van der Waals surface area contributed by atoms with Crippen molar-refractivity contribution in [3.8, 4) is 11.5 Å². The first-order chi connectivity index (χ1) is 9.97. The standard InChI is InChI=1S/C15H13ClN2O3/c1-9(10-2-5-12(19)6-3-10)17-18-15(21)13-8-11(16)4-7-14(13)20/h2-8,19-20H,1H3,(H,18,21). The van der Waals surface area contributed by atoms with Crippen LogP contribution < -0.4 is 5.43 Å². The minimum absolute atomic E-state index is 0.0461. The summed E-state index contributed by atoms with van der Waals surface area (Å²) in [5.41, 5.74) is 3.71. The van der Waals surface area contributed by atoms with E-state index in [2.05, 4.69) is 10.5 Å². The monoisotopic (exact) mass is 304 g/mol. The molecule has 6 heteroatoms. The Labute approximate surface area is 126 Å². The third-order valence-electron chi connectivity index (χ3n) is 2.81. The number of hydrogen-bond donors (Lipinski definition) is 3. The van der Waals surface area contributed by atoms with Crippen LogP contribution in [0.5, 0.6) is 11.5 Å². The molecule has 3 N–H and O–H groups in total. The van der Waals surface area contributed by atoms with Gasteiger partial charge in [-0.15, -0.1) is 0 Å². The zero-order valence-corrected chi connectivity index (χ0v) is 11.9. The summed E-state index contributed by atoms with van der Waals surface area (Å²) >= 11 is 5.78. The van der Waals surface area contributed by atoms with E-state index in [0.29, 0.717) is 10.7 Å². The second kappa shape index (κ2) is 6.28. The largest absolute Gasteiger partial charge is 0.508 e. The van der Waals surface area contributed by atoms with Gasteiger partial charge in [0.2, 0.25) is 0 Å². The lowest BCUT2D eigenvalue weighted by molar-refractivity contribution is 0.0952. The molecule has 1 amide bonds. The molecule has 108 valence electrons. The van der Waals surface area contributed by atoms with E-state index < -0.39 is 5.91 Å². The van der Waals surface area contributed by atoms with Crippen molar-refractivity contribution in [3.63, 3.8) is 0 Å². The molecule has 0 aromatic heterocycles. The molecule has 0 aliphatic heterocycles. The fourth-order valence-electron chi connectivity index (χ4n) is 1.65. The first-order valence-electron chi connectivity index (χ1n) is 6.10. The molecule has 0 unspecified atom stereocenters. The van der Waals surface area contributed by atoms with Gasteiger partial charge in [-0.3, -0.25) is 4.79 Å². The van der Waals surface area contributed by atoms with Crippen molar-refractivity contribution < 1.29 is 15.0 Å². The quantitative estimate of drug-likeness (QED) is 0.602. The Morgan fingerprint density at radius 2 is 1.81 bits per heavy atom. The number of hydrazone groups is 1. The van der Waals surface area contributed by atoms with Crippen LogP contribution in [0.25, 0.3) is 0 Å². The van der Waals surface area contributed by atoms with Gasteiger partial charge in [0.15, 0.2) is 0 Å². The SMILES string of the molecule is CC(=NNC(=O)c1cc(Cl)ccc1O)c1ccc(O)cc1. The summed E-state index contributed by atoms with van der Waals surface area (Å²) in [5, 5.41) is 23.1. The Kier molecular flexibility index (Phi) is 4.45. The van der Waals surface area contributed by atoms with Gasteiger partial charge >= 0.3 is 0 Å². The molecule has 0 spiro atoms. The highest BCUT2D eigenvalue weighted by Crippen LogP contribution is 2.21. The summed E-state index contributed by atoms with van der Waals surface area (Å²) in [6.07, 6.45) is 0. The number of carbonyl (C=O) groups is 1. The van der Waals surface area contributed by atoms with Crippen molar-refractivity contribution in [2.24, 2.45) is 5.10 Å². The average Bonchev–Trinajstić information content (AvgIpc) is 2.47. The maximum atomic E-state index is 11.9.